The number of hydrogen-bond donors (Lipinski definition) is 0. The zero-order chi connectivity index (χ0) is 7.61. The van der Waals surface area contributed by atoms with E-state index in [9.17, 15) is 0 Å². The van der Waals surface area contributed by atoms with Crippen LogP contribution in [-0.4, -0.2) is 5.94 Å². The third-order valence-corrected chi connectivity index (χ3v) is 7.97. The minimum Gasteiger partial charge on any atom is -0.147 e. The van der Waals surface area contributed by atoms with E-state index in [1.54, 1.807) is 3.88 Å². The van der Waals surface area contributed by atoms with Crippen molar-refractivity contribution in [1.29, 1.82) is 0 Å². The van der Waals surface area contributed by atoms with E-state index in [-0.39, 0.29) is 55.6 Å². The van der Waals surface area contributed by atoms with Gasteiger partial charge in [-0.1, -0.05) is 0 Å². The molecule has 0 radical (unpaired) electrons. The van der Waals surface area contributed by atoms with Gasteiger partial charge in [-0.25, -0.2) is 0 Å². The molecule has 1 rings (SSSR count). The van der Waals surface area contributed by atoms with E-state index in [1.165, 1.54) is 6.42 Å². The topological polar surface area (TPSA) is 0 Å². The molecule has 0 nitrogen and oxygen atoms in total. The van der Waals surface area contributed by atoms with Crippen LogP contribution in [0.3, 0.4) is 0 Å². The minimum atomic E-state index is -0.706. The molecule has 13 heavy (non-hydrogen) atoms. The Kier molecular flexibility index (Phi) is 13.1. The molecule has 78 valence electrons. The van der Waals surface area contributed by atoms with Crippen LogP contribution >= 0.6 is 37.2 Å². The quantitative estimate of drug-likeness (QED) is 0.675. The fourth-order valence-corrected chi connectivity index (χ4v) is 7.89. The van der Waals surface area contributed by atoms with Gasteiger partial charge in [-0.2, -0.15) is 0 Å². The zero-order valence-electron chi connectivity index (χ0n) is 8.16. The van der Waals surface area contributed by atoms with E-state index in [0.717, 1.165) is 0 Å². The Balaban J connectivity index is -0.000000333. The Morgan fingerprint density at radius 1 is 1.15 bits per heavy atom. The Hall–Kier alpha value is 1.28. The van der Waals surface area contributed by atoms with Gasteiger partial charge in [0, 0.05) is 0 Å². The van der Waals surface area contributed by atoms with Crippen LogP contribution in [0.25, 0.3) is 0 Å². The van der Waals surface area contributed by atoms with E-state index in [4.69, 9.17) is 0 Å². The van der Waals surface area contributed by atoms with E-state index < -0.39 is 5.94 Å². The molecule has 0 aliphatic heterocycles. The molecule has 0 amide bonds. The van der Waals surface area contributed by atoms with Gasteiger partial charge in [-0.3, -0.25) is 0 Å². The van der Waals surface area contributed by atoms with Crippen LogP contribution in [0.2, 0.25) is 19.6 Å². The minimum absolute atomic E-state index is 0. The Bertz CT molecular complexity index is 184. The second kappa shape index (κ2) is 8.58. The molecular weight excluding hydrogens is 278 g/mol. The van der Waals surface area contributed by atoms with Gasteiger partial charge >= 0.3 is 72.5 Å². The van der Waals surface area contributed by atoms with Gasteiger partial charge in [-0.15, -0.1) is 37.2 Å². The van der Waals surface area contributed by atoms with Crippen LogP contribution in [0.5, 0.6) is 0 Å². The summed E-state index contributed by atoms with van der Waals surface area (Å²) >= 11 is 0.285. The normalized spacial score (nSPS) is 13.3. The van der Waals surface area contributed by atoms with Gasteiger partial charge in [0.1, 0.15) is 0 Å². The summed E-state index contributed by atoms with van der Waals surface area (Å²) in [5, 5.41) is 0. The number of rotatable bonds is 2. The van der Waals surface area contributed by atoms with Crippen LogP contribution in [0.1, 0.15) is 6.42 Å². The molecule has 0 aromatic heterocycles. The van der Waals surface area contributed by atoms with Gasteiger partial charge < -0.3 is 0 Å². The van der Waals surface area contributed by atoms with Crippen molar-refractivity contribution in [1.82, 2.24) is 0 Å². The second-order valence-corrected chi connectivity index (χ2v) is 17.7. The largest absolute Gasteiger partial charge is 0.147 e. The summed E-state index contributed by atoms with van der Waals surface area (Å²) in [6.45, 7) is 7.44. The predicted octanol–water partition coefficient (Wildman–Crippen LogP) is 4.01. The van der Waals surface area contributed by atoms with Gasteiger partial charge in [0.2, 0.25) is 0 Å². The fraction of sp³-hybridized carbons (Fsp3) is 0.500. The van der Waals surface area contributed by atoms with Crippen molar-refractivity contribution in [3.8, 4) is 0 Å². The van der Waals surface area contributed by atoms with E-state index in [2.05, 4.69) is 37.9 Å². The summed E-state index contributed by atoms with van der Waals surface area (Å²) in [5.74, 6) is -0.706. The average Bonchev–Trinajstić information content (AvgIpc) is 2.12. The molecule has 0 fully saturated rings. The molecule has 1 aliphatic rings. The van der Waals surface area contributed by atoms with Gasteiger partial charge in [0.05, 0.1) is 0 Å². The van der Waals surface area contributed by atoms with Crippen molar-refractivity contribution in [2.24, 2.45) is 0 Å². The molecule has 0 aromatic carbocycles. The molecule has 0 saturated heterocycles. The molecule has 0 spiro atoms. The number of allylic oxidation sites excluding steroid dienone is 4. The van der Waals surface area contributed by atoms with Gasteiger partial charge in [-0.05, 0) is 0 Å². The monoisotopic (exact) mass is 294 g/mol. The molecule has 0 heterocycles. The van der Waals surface area contributed by atoms with Gasteiger partial charge in [0.25, 0.3) is 0 Å². The SMILES string of the molecule is C[Si](C)(C)[Ti][C]1=CC=CC1.Cl.Cl.Cl. The maximum absolute atomic E-state index is 2.48. The van der Waals surface area contributed by atoms with Crippen molar-refractivity contribution in [3.05, 3.63) is 22.1 Å². The van der Waals surface area contributed by atoms with E-state index >= 15 is 0 Å². The first kappa shape index (κ1) is 19.8. The smallest absolute Gasteiger partial charge is 0.147 e. The summed E-state index contributed by atoms with van der Waals surface area (Å²) in [6, 6.07) is 0. The van der Waals surface area contributed by atoms with Crippen LogP contribution in [0.4, 0.5) is 0 Å². The molecule has 0 aromatic rings. The Labute approximate surface area is 109 Å². The van der Waals surface area contributed by atoms with Crippen LogP contribution in [-0.2, 0) is 18.4 Å². The summed E-state index contributed by atoms with van der Waals surface area (Å²) in [4.78, 5) is 0. The van der Waals surface area contributed by atoms with Crippen LogP contribution in [0, 0.1) is 0 Å². The van der Waals surface area contributed by atoms with Crippen molar-refractivity contribution in [2.75, 3.05) is 0 Å². The first-order chi connectivity index (χ1) is 4.58. The Morgan fingerprint density at radius 2 is 1.69 bits per heavy atom. The summed E-state index contributed by atoms with van der Waals surface area (Å²) < 4.78 is 1.76. The molecule has 0 bridgehead atoms. The average molecular weight is 296 g/mol. The third-order valence-electron chi connectivity index (χ3n) is 1.31. The molecule has 5 heteroatoms. The van der Waals surface area contributed by atoms with Crippen LogP contribution < -0.4 is 0 Å². The standard InChI is InChI=1S/C5H5.C3H9Si.3ClH.Ti/c1-2-4-5-3-1;1-4(2)3;;;;/h1-3H,4H2;1-3H3;3*1H;. The van der Waals surface area contributed by atoms with Crippen molar-refractivity contribution < 1.29 is 18.4 Å². The first-order valence-corrected chi connectivity index (χ1v) is 10.3. The third kappa shape index (κ3) is 9.58. The molecule has 0 unspecified atom stereocenters. The molecular formula is C8H17Cl3SiTi. The summed E-state index contributed by atoms with van der Waals surface area (Å²) in [5.41, 5.74) is 0. The number of hydrogen-bond acceptors (Lipinski definition) is 0. The molecule has 0 saturated carbocycles. The van der Waals surface area contributed by atoms with Crippen LogP contribution in [0.15, 0.2) is 22.1 Å². The molecule has 1 aliphatic carbocycles. The fourth-order valence-electron chi connectivity index (χ4n) is 1.02. The first-order valence-electron chi connectivity index (χ1n) is 3.72. The van der Waals surface area contributed by atoms with E-state index in [0.29, 0.717) is 0 Å². The van der Waals surface area contributed by atoms with Crippen molar-refractivity contribution in [2.45, 2.75) is 26.1 Å². The summed E-state index contributed by atoms with van der Waals surface area (Å²) in [7, 11) is 0. The predicted molar refractivity (Wildman–Crippen MR) is 66.9 cm³/mol. The van der Waals surface area contributed by atoms with Gasteiger partial charge in [0.15, 0.2) is 0 Å². The number of halogens is 3. The Morgan fingerprint density at radius 3 is 2.00 bits per heavy atom. The zero-order valence-corrected chi connectivity index (χ0v) is 13.2. The second-order valence-electron chi connectivity index (χ2n) is 3.70. The van der Waals surface area contributed by atoms with Crippen molar-refractivity contribution in [3.63, 3.8) is 0 Å². The van der Waals surface area contributed by atoms with Crippen molar-refractivity contribution >= 4 is 43.2 Å². The maximum Gasteiger partial charge on any atom is -0.147 e. The molecule has 0 atom stereocenters. The van der Waals surface area contributed by atoms with E-state index in [1.807, 2.05) is 0 Å². The summed E-state index contributed by atoms with van der Waals surface area (Å²) in [6.07, 6.45) is 8.08. The molecule has 0 N–H and O–H groups in total. The maximum atomic E-state index is 2.48.